The number of hydrogen-bond acceptors (Lipinski definition) is 4. The molecule has 2 heterocycles. The molecule has 3 rings (SSSR count). The first kappa shape index (κ1) is 17.0. The number of fused-ring (bicyclic) bond motifs is 1. The topological polar surface area (TPSA) is 71.4 Å². The molecule has 0 saturated heterocycles. The number of nitrogens with one attached hydrogen (secondary N) is 1. The second kappa shape index (κ2) is 7.38. The highest BCUT2D eigenvalue weighted by atomic mass is 16.1. The van der Waals surface area contributed by atoms with E-state index in [-0.39, 0.29) is 17.6 Å². The Kier molecular flexibility index (Phi) is 5.03. The standard InChI is InChI=1S/C20H21N3O2/c1-13(15-6-4-3-5-7-15)8-18(25)10-17-9-16-11-22-20(23-14(2)24)19(16)12-21-17/h3-7,9,12-13H,8,10-11H2,1-2H3,(H,22,23,24)/t13-/m0/s1. The van der Waals surface area contributed by atoms with Gasteiger partial charge in [-0.05, 0) is 23.1 Å². The molecule has 0 spiro atoms. The first-order valence-electron chi connectivity index (χ1n) is 8.40. The number of amides is 1. The molecule has 1 N–H and O–H groups in total. The third-order valence-corrected chi connectivity index (χ3v) is 4.28. The van der Waals surface area contributed by atoms with E-state index in [9.17, 15) is 9.59 Å². The van der Waals surface area contributed by atoms with Crippen molar-refractivity contribution in [3.05, 3.63) is 65.0 Å². The number of carbonyl (C=O) groups excluding carboxylic acids is 2. The maximum atomic E-state index is 12.4. The Morgan fingerprint density at radius 3 is 2.72 bits per heavy atom. The zero-order valence-corrected chi connectivity index (χ0v) is 14.5. The van der Waals surface area contributed by atoms with Gasteiger partial charge in [-0.25, -0.2) is 0 Å². The number of Topliss-reactive ketones (excluding diaryl/α,β-unsaturated/α-hetero) is 1. The Bertz CT molecular complexity index is 828. The molecule has 0 bridgehead atoms. The van der Waals surface area contributed by atoms with Gasteiger partial charge in [0, 0.05) is 37.2 Å². The zero-order chi connectivity index (χ0) is 17.8. The van der Waals surface area contributed by atoms with Crippen LogP contribution in [-0.4, -0.2) is 22.5 Å². The molecule has 0 radical (unpaired) electrons. The average molecular weight is 335 g/mol. The monoisotopic (exact) mass is 335 g/mol. The van der Waals surface area contributed by atoms with E-state index in [1.165, 1.54) is 12.5 Å². The maximum Gasteiger partial charge on any atom is 0.222 e. The second-order valence-electron chi connectivity index (χ2n) is 6.41. The highest BCUT2D eigenvalue weighted by Crippen LogP contribution is 2.21. The molecule has 2 aromatic rings. The van der Waals surface area contributed by atoms with Crippen molar-refractivity contribution in [1.29, 1.82) is 0 Å². The quantitative estimate of drug-likeness (QED) is 0.913. The van der Waals surface area contributed by atoms with Gasteiger partial charge in [0.05, 0.1) is 6.54 Å². The number of nitrogens with zero attached hydrogens (tertiary/aromatic N) is 2. The Labute approximate surface area is 147 Å². The minimum atomic E-state index is -0.152. The Morgan fingerprint density at radius 1 is 1.24 bits per heavy atom. The third kappa shape index (κ3) is 4.18. The van der Waals surface area contributed by atoms with Crippen molar-refractivity contribution in [3.8, 4) is 0 Å². The van der Waals surface area contributed by atoms with E-state index in [4.69, 9.17) is 0 Å². The van der Waals surface area contributed by atoms with Crippen LogP contribution in [0.2, 0.25) is 0 Å². The van der Waals surface area contributed by atoms with Crippen LogP contribution in [0.5, 0.6) is 0 Å². The highest BCUT2D eigenvalue weighted by molar-refractivity contribution is 6.09. The van der Waals surface area contributed by atoms with Crippen LogP contribution in [0, 0.1) is 0 Å². The number of pyridine rings is 1. The number of rotatable bonds is 5. The average Bonchev–Trinajstić information content (AvgIpc) is 2.97. The largest absolute Gasteiger partial charge is 0.311 e. The molecule has 128 valence electrons. The predicted molar refractivity (Wildman–Crippen MR) is 96.5 cm³/mol. The summed E-state index contributed by atoms with van der Waals surface area (Å²) in [4.78, 5) is 32.3. The molecule has 1 aromatic heterocycles. The molecule has 0 saturated carbocycles. The van der Waals surface area contributed by atoms with Crippen LogP contribution >= 0.6 is 0 Å². The van der Waals surface area contributed by atoms with Gasteiger partial charge in [-0.1, -0.05) is 37.3 Å². The first-order valence-corrected chi connectivity index (χ1v) is 8.40. The lowest BCUT2D eigenvalue weighted by Crippen LogP contribution is -2.27. The van der Waals surface area contributed by atoms with Crippen molar-refractivity contribution in [3.63, 3.8) is 0 Å². The van der Waals surface area contributed by atoms with Gasteiger partial charge in [-0.15, -0.1) is 0 Å². The van der Waals surface area contributed by atoms with E-state index in [0.717, 1.165) is 16.8 Å². The smallest absolute Gasteiger partial charge is 0.222 e. The van der Waals surface area contributed by atoms with Gasteiger partial charge in [0.2, 0.25) is 5.91 Å². The van der Waals surface area contributed by atoms with Crippen molar-refractivity contribution in [2.24, 2.45) is 4.99 Å². The van der Waals surface area contributed by atoms with Crippen molar-refractivity contribution in [2.45, 2.75) is 39.2 Å². The summed E-state index contributed by atoms with van der Waals surface area (Å²) in [6, 6.07) is 12.0. The van der Waals surface area contributed by atoms with Gasteiger partial charge < -0.3 is 5.32 Å². The summed E-state index contributed by atoms with van der Waals surface area (Å²) >= 11 is 0. The lowest BCUT2D eigenvalue weighted by molar-refractivity contribution is -0.119. The number of aliphatic imine (C=N–C) groups is 1. The Balaban J connectivity index is 1.63. The molecule has 0 unspecified atom stereocenters. The molecule has 1 atom stereocenters. The van der Waals surface area contributed by atoms with Crippen molar-refractivity contribution >= 4 is 17.5 Å². The minimum absolute atomic E-state index is 0.152. The van der Waals surface area contributed by atoms with Crippen LogP contribution in [0.3, 0.4) is 0 Å². The molecule has 5 heteroatoms. The summed E-state index contributed by atoms with van der Waals surface area (Å²) < 4.78 is 0. The first-order chi connectivity index (χ1) is 12.0. The number of benzene rings is 1. The van der Waals surface area contributed by atoms with Crippen LogP contribution in [-0.2, 0) is 22.6 Å². The van der Waals surface area contributed by atoms with E-state index in [1.54, 1.807) is 6.20 Å². The summed E-state index contributed by atoms with van der Waals surface area (Å²) in [6.07, 6.45) is 2.51. The molecular weight excluding hydrogens is 314 g/mol. The van der Waals surface area contributed by atoms with Gasteiger partial charge in [0.25, 0.3) is 0 Å². The lowest BCUT2D eigenvalue weighted by Gasteiger charge is -2.11. The van der Waals surface area contributed by atoms with Crippen LogP contribution in [0.25, 0.3) is 0 Å². The SMILES string of the molecule is CC(=O)NC1=NCc2cc(CC(=O)C[C@H](C)c3ccccc3)ncc21. The number of aromatic nitrogens is 1. The van der Waals surface area contributed by atoms with Crippen LogP contribution < -0.4 is 5.32 Å². The number of amidine groups is 1. The maximum absolute atomic E-state index is 12.4. The fraction of sp³-hybridized carbons (Fsp3) is 0.300. The van der Waals surface area contributed by atoms with Crippen molar-refractivity contribution < 1.29 is 9.59 Å². The summed E-state index contributed by atoms with van der Waals surface area (Å²) in [7, 11) is 0. The van der Waals surface area contributed by atoms with E-state index in [2.05, 4.69) is 22.2 Å². The molecule has 5 nitrogen and oxygen atoms in total. The summed E-state index contributed by atoms with van der Waals surface area (Å²) in [6.45, 7) is 4.03. The second-order valence-corrected chi connectivity index (χ2v) is 6.41. The zero-order valence-electron chi connectivity index (χ0n) is 14.5. The molecule has 1 amide bonds. The van der Waals surface area contributed by atoms with Gasteiger partial charge in [-0.2, -0.15) is 0 Å². The van der Waals surface area contributed by atoms with E-state index in [1.807, 2.05) is 36.4 Å². The summed E-state index contributed by atoms with van der Waals surface area (Å²) in [5, 5.41) is 2.71. The predicted octanol–water partition coefficient (Wildman–Crippen LogP) is 2.78. The van der Waals surface area contributed by atoms with Gasteiger partial charge in [-0.3, -0.25) is 19.6 Å². The Hall–Kier alpha value is -2.82. The van der Waals surface area contributed by atoms with Gasteiger partial charge >= 0.3 is 0 Å². The number of ketones is 1. The van der Waals surface area contributed by atoms with Gasteiger partial charge in [0.15, 0.2) is 0 Å². The van der Waals surface area contributed by atoms with Crippen molar-refractivity contribution in [2.75, 3.05) is 0 Å². The molecule has 0 aliphatic carbocycles. The van der Waals surface area contributed by atoms with Crippen LogP contribution in [0.15, 0.2) is 47.6 Å². The summed E-state index contributed by atoms with van der Waals surface area (Å²) in [5.41, 5.74) is 3.76. The molecule has 0 fully saturated rings. The normalized spacial score (nSPS) is 13.8. The minimum Gasteiger partial charge on any atom is -0.311 e. The summed E-state index contributed by atoms with van der Waals surface area (Å²) in [5.74, 6) is 0.772. The van der Waals surface area contributed by atoms with Gasteiger partial charge in [0.1, 0.15) is 11.6 Å². The third-order valence-electron chi connectivity index (χ3n) is 4.28. The highest BCUT2D eigenvalue weighted by Gasteiger charge is 2.19. The molecular formula is C20H21N3O2. The number of carbonyl (C=O) groups is 2. The Morgan fingerprint density at radius 2 is 2.00 bits per heavy atom. The lowest BCUT2D eigenvalue weighted by atomic mass is 9.94. The molecule has 1 aliphatic heterocycles. The number of hydrogen-bond donors (Lipinski definition) is 1. The fourth-order valence-electron chi connectivity index (χ4n) is 3.03. The fourth-order valence-corrected chi connectivity index (χ4v) is 3.03. The van der Waals surface area contributed by atoms with Crippen LogP contribution in [0.1, 0.15) is 48.6 Å². The molecule has 1 aromatic carbocycles. The van der Waals surface area contributed by atoms with Crippen LogP contribution in [0.4, 0.5) is 0 Å². The van der Waals surface area contributed by atoms with E-state index in [0.29, 0.717) is 25.2 Å². The molecule has 25 heavy (non-hydrogen) atoms. The van der Waals surface area contributed by atoms with Crippen molar-refractivity contribution in [1.82, 2.24) is 10.3 Å². The van der Waals surface area contributed by atoms with E-state index < -0.39 is 0 Å². The molecule has 1 aliphatic rings. The van der Waals surface area contributed by atoms with E-state index >= 15 is 0 Å².